The number of rotatable bonds is 3. The molecule has 1 saturated heterocycles. The Morgan fingerprint density at radius 1 is 1.22 bits per heavy atom. The predicted molar refractivity (Wildman–Crippen MR) is 90.4 cm³/mol. The molecule has 120 valence electrons. The second-order valence-electron chi connectivity index (χ2n) is 5.75. The maximum absolute atomic E-state index is 13.0. The Kier molecular flexibility index (Phi) is 4.82. The number of amides is 1. The minimum absolute atomic E-state index is 0.00175. The molecule has 1 heterocycles. The number of benzene rings is 2. The number of hydrogen-bond acceptors (Lipinski definition) is 2. The summed E-state index contributed by atoms with van der Waals surface area (Å²) in [4.78, 5) is 14.4. The molecule has 23 heavy (non-hydrogen) atoms. The van der Waals surface area contributed by atoms with Crippen LogP contribution in [-0.2, 0) is 0 Å². The van der Waals surface area contributed by atoms with E-state index in [1.807, 2.05) is 4.90 Å². The van der Waals surface area contributed by atoms with Gasteiger partial charge < -0.3 is 10.2 Å². The summed E-state index contributed by atoms with van der Waals surface area (Å²) in [5.74, 6) is -0.255. The Bertz CT molecular complexity index is 690. The highest BCUT2D eigenvalue weighted by molar-refractivity contribution is 6.30. The average molecular weight is 333 g/mol. The molecular weight excluding hydrogens is 315 g/mol. The van der Waals surface area contributed by atoms with Crippen LogP contribution in [0.5, 0.6) is 0 Å². The van der Waals surface area contributed by atoms with Crippen LogP contribution in [0.2, 0.25) is 5.02 Å². The van der Waals surface area contributed by atoms with Gasteiger partial charge in [-0.1, -0.05) is 17.7 Å². The zero-order chi connectivity index (χ0) is 16.2. The molecule has 0 unspecified atom stereocenters. The van der Waals surface area contributed by atoms with Crippen molar-refractivity contribution in [2.24, 2.45) is 0 Å². The molecule has 2 aromatic rings. The average Bonchev–Trinajstić information content (AvgIpc) is 2.56. The van der Waals surface area contributed by atoms with Crippen molar-refractivity contribution in [3.63, 3.8) is 0 Å². The van der Waals surface area contributed by atoms with Crippen molar-refractivity contribution in [1.82, 2.24) is 4.90 Å². The van der Waals surface area contributed by atoms with Gasteiger partial charge >= 0.3 is 0 Å². The van der Waals surface area contributed by atoms with Crippen LogP contribution in [0.4, 0.5) is 10.1 Å². The van der Waals surface area contributed by atoms with E-state index in [2.05, 4.69) is 5.32 Å². The molecule has 0 saturated carbocycles. The Morgan fingerprint density at radius 3 is 2.74 bits per heavy atom. The van der Waals surface area contributed by atoms with E-state index in [0.29, 0.717) is 17.1 Å². The molecule has 0 bridgehead atoms. The van der Waals surface area contributed by atoms with E-state index in [-0.39, 0.29) is 17.8 Å². The number of carbonyl (C=O) groups is 1. The van der Waals surface area contributed by atoms with Crippen molar-refractivity contribution in [2.75, 3.05) is 18.4 Å². The topological polar surface area (TPSA) is 32.3 Å². The summed E-state index contributed by atoms with van der Waals surface area (Å²) in [7, 11) is 0. The standard InChI is InChI=1S/C18H18ClFN2O/c19-14-4-1-3-13(11-14)18(23)22-10-2-5-17(12-22)21-16-8-6-15(20)7-9-16/h1,3-4,6-9,11,17,21H,2,5,10,12H2/t17-/m0/s1. The SMILES string of the molecule is O=C(c1cccc(Cl)c1)N1CCC[C@H](Nc2ccc(F)cc2)C1. The smallest absolute Gasteiger partial charge is 0.253 e. The van der Waals surface area contributed by atoms with E-state index >= 15 is 0 Å². The van der Waals surface area contributed by atoms with Crippen LogP contribution in [0.1, 0.15) is 23.2 Å². The molecule has 3 nitrogen and oxygen atoms in total. The molecule has 1 amide bonds. The number of carbonyl (C=O) groups excluding carboxylic acids is 1. The summed E-state index contributed by atoms with van der Waals surface area (Å²) in [5.41, 5.74) is 1.48. The van der Waals surface area contributed by atoms with Gasteiger partial charge in [-0.25, -0.2) is 4.39 Å². The van der Waals surface area contributed by atoms with Gasteiger partial charge in [0.15, 0.2) is 0 Å². The van der Waals surface area contributed by atoms with Crippen molar-refractivity contribution in [2.45, 2.75) is 18.9 Å². The molecular formula is C18H18ClFN2O. The zero-order valence-corrected chi connectivity index (χ0v) is 13.4. The normalized spacial score (nSPS) is 17.8. The fourth-order valence-electron chi connectivity index (χ4n) is 2.87. The first-order valence-electron chi connectivity index (χ1n) is 7.69. The number of nitrogens with zero attached hydrogens (tertiary/aromatic N) is 1. The van der Waals surface area contributed by atoms with Crippen molar-refractivity contribution in [3.05, 3.63) is 64.9 Å². The number of piperidine rings is 1. The summed E-state index contributed by atoms with van der Waals surface area (Å²) in [6.07, 6.45) is 1.92. The summed E-state index contributed by atoms with van der Waals surface area (Å²) in [6.45, 7) is 1.37. The van der Waals surface area contributed by atoms with Gasteiger partial charge in [-0.2, -0.15) is 0 Å². The van der Waals surface area contributed by atoms with Crippen LogP contribution >= 0.6 is 11.6 Å². The molecule has 2 aromatic carbocycles. The van der Waals surface area contributed by atoms with Crippen LogP contribution in [0, 0.1) is 5.82 Å². The molecule has 3 rings (SSSR count). The summed E-state index contributed by atoms with van der Waals surface area (Å²) < 4.78 is 13.0. The lowest BCUT2D eigenvalue weighted by Gasteiger charge is -2.33. The number of likely N-dealkylation sites (tertiary alicyclic amines) is 1. The second-order valence-corrected chi connectivity index (χ2v) is 6.19. The van der Waals surface area contributed by atoms with Gasteiger partial charge in [0.1, 0.15) is 5.82 Å². The molecule has 0 spiro atoms. The van der Waals surface area contributed by atoms with Crippen molar-refractivity contribution in [3.8, 4) is 0 Å². The summed E-state index contributed by atoms with van der Waals surface area (Å²) in [6, 6.07) is 13.5. The minimum atomic E-state index is -0.253. The van der Waals surface area contributed by atoms with Crippen LogP contribution in [0.3, 0.4) is 0 Å². The van der Waals surface area contributed by atoms with Gasteiger partial charge in [0, 0.05) is 35.4 Å². The highest BCUT2D eigenvalue weighted by Gasteiger charge is 2.24. The van der Waals surface area contributed by atoms with E-state index in [4.69, 9.17) is 11.6 Å². The Hall–Kier alpha value is -2.07. The van der Waals surface area contributed by atoms with Crippen LogP contribution in [0.15, 0.2) is 48.5 Å². The number of anilines is 1. The van der Waals surface area contributed by atoms with Gasteiger partial charge in [0.05, 0.1) is 0 Å². The molecule has 1 fully saturated rings. The highest BCUT2D eigenvalue weighted by Crippen LogP contribution is 2.19. The van der Waals surface area contributed by atoms with Gasteiger partial charge in [-0.15, -0.1) is 0 Å². The maximum atomic E-state index is 13.0. The second kappa shape index (κ2) is 7.01. The highest BCUT2D eigenvalue weighted by atomic mass is 35.5. The van der Waals surface area contributed by atoms with E-state index in [0.717, 1.165) is 25.1 Å². The first-order chi connectivity index (χ1) is 11.1. The lowest BCUT2D eigenvalue weighted by Crippen LogP contribution is -2.45. The predicted octanol–water partition coefficient (Wildman–Crippen LogP) is 4.20. The molecule has 0 aromatic heterocycles. The lowest BCUT2D eigenvalue weighted by molar-refractivity contribution is 0.0715. The number of nitrogens with one attached hydrogen (secondary N) is 1. The lowest BCUT2D eigenvalue weighted by atomic mass is 10.0. The third kappa shape index (κ3) is 4.02. The molecule has 0 radical (unpaired) electrons. The maximum Gasteiger partial charge on any atom is 0.253 e. The fraction of sp³-hybridized carbons (Fsp3) is 0.278. The third-order valence-corrected chi connectivity index (χ3v) is 4.23. The molecule has 1 aliphatic heterocycles. The van der Waals surface area contributed by atoms with Gasteiger partial charge in [0.25, 0.3) is 5.91 Å². The number of hydrogen-bond donors (Lipinski definition) is 1. The van der Waals surface area contributed by atoms with Gasteiger partial charge in [0.2, 0.25) is 0 Å². The molecule has 0 aliphatic carbocycles. The summed E-state index contributed by atoms with van der Waals surface area (Å²) in [5, 5.41) is 3.93. The van der Waals surface area contributed by atoms with E-state index in [9.17, 15) is 9.18 Å². The van der Waals surface area contributed by atoms with E-state index in [1.165, 1.54) is 12.1 Å². The Morgan fingerprint density at radius 2 is 2.00 bits per heavy atom. The first-order valence-corrected chi connectivity index (χ1v) is 8.06. The molecule has 5 heteroatoms. The Labute approximate surface area is 140 Å². The monoisotopic (exact) mass is 332 g/mol. The van der Waals surface area contributed by atoms with Crippen LogP contribution < -0.4 is 5.32 Å². The summed E-state index contributed by atoms with van der Waals surface area (Å²) >= 11 is 5.96. The number of halogens is 2. The zero-order valence-electron chi connectivity index (χ0n) is 12.6. The fourth-order valence-corrected chi connectivity index (χ4v) is 3.06. The van der Waals surface area contributed by atoms with Crippen molar-refractivity contribution < 1.29 is 9.18 Å². The van der Waals surface area contributed by atoms with E-state index < -0.39 is 0 Å². The van der Waals surface area contributed by atoms with Crippen molar-refractivity contribution in [1.29, 1.82) is 0 Å². The Balaban J connectivity index is 1.66. The largest absolute Gasteiger partial charge is 0.381 e. The molecule has 1 N–H and O–H groups in total. The third-order valence-electron chi connectivity index (χ3n) is 4.00. The van der Waals surface area contributed by atoms with Gasteiger partial charge in [-0.3, -0.25) is 4.79 Å². The quantitative estimate of drug-likeness (QED) is 0.913. The van der Waals surface area contributed by atoms with E-state index in [1.54, 1.807) is 36.4 Å². The molecule has 1 atom stereocenters. The van der Waals surface area contributed by atoms with Crippen LogP contribution in [0.25, 0.3) is 0 Å². The van der Waals surface area contributed by atoms with Gasteiger partial charge in [-0.05, 0) is 55.3 Å². The molecule has 1 aliphatic rings. The first kappa shape index (κ1) is 15.8. The van der Waals surface area contributed by atoms with Crippen LogP contribution in [-0.4, -0.2) is 29.9 Å². The minimum Gasteiger partial charge on any atom is -0.381 e. The van der Waals surface area contributed by atoms with Crippen molar-refractivity contribution >= 4 is 23.2 Å².